The Morgan fingerprint density at radius 3 is 2.54 bits per heavy atom. The number of methoxy groups -OCH3 is 1. The number of rotatable bonds is 6. The maximum atomic E-state index is 13.7. The molecule has 1 aliphatic carbocycles. The summed E-state index contributed by atoms with van der Waals surface area (Å²) in [5.41, 5.74) is 1.95. The van der Waals surface area contributed by atoms with Crippen LogP contribution in [-0.4, -0.2) is 42.2 Å². The Hall–Kier alpha value is -4.34. The molecule has 0 radical (unpaired) electrons. The smallest absolute Gasteiger partial charge is 0.422 e. The summed E-state index contributed by atoms with van der Waals surface area (Å²) in [5.74, 6) is 0.316. The van der Waals surface area contributed by atoms with Gasteiger partial charge >= 0.3 is 6.18 Å². The van der Waals surface area contributed by atoms with E-state index in [1.165, 1.54) is 17.7 Å². The van der Waals surface area contributed by atoms with Crippen LogP contribution in [0, 0.1) is 5.41 Å². The Balaban J connectivity index is 1.93. The first-order chi connectivity index (χ1) is 16.7. The lowest BCUT2D eigenvalue weighted by Crippen LogP contribution is -2.24. The van der Waals surface area contributed by atoms with E-state index in [1.54, 1.807) is 67.9 Å². The van der Waals surface area contributed by atoms with Crippen molar-refractivity contribution >= 4 is 22.3 Å². The normalized spacial score (nSPS) is 14.8. The van der Waals surface area contributed by atoms with E-state index < -0.39 is 18.3 Å². The molecule has 2 aromatic heterocycles. The van der Waals surface area contributed by atoms with Gasteiger partial charge in [0, 0.05) is 35.8 Å². The Morgan fingerprint density at radius 1 is 1.14 bits per heavy atom. The van der Waals surface area contributed by atoms with E-state index in [-0.39, 0.29) is 17.2 Å². The molecule has 0 bridgehead atoms. The van der Waals surface area contributed by atoms with Crippen molar-refractivity contribution in [3.05, 3.63) is 88.4 Å². The molecule has 0 saturated carbocycles. The molecule has 0 fully saturated rings. The SMILES string of the molecule is CN/C=C1/C=C(c2cc3ccc(OCC(F)(F)F)nc3n(-c3ccc(OC)cc3)c2=O)C=CC1=N. The monoisotopic (exact) mass is 482 g/mol. The number of hydrogen-bond acceptors (Lipinski definition) is 6. The quantitative estimate of drug-likeness (QED) is 0.543. The second-order valence-electron chi connectivity index (χ2n) is 7.60. The molecular formula is C25H21F3N4O3. The van der Waals surface area contributed by atoms with Crippen molar-refractivity contribution in [1.29, 1.82) is 5.41 Å². The zero-order valence-corrected chi connectivity index (χ0v) is 18.8. The number of pyridine rings is 2. The predicted molar refractivity (Wildman–Crippen MR) is 127 cm³/mol. The van der Waals surface area contributed by atoms with Crippen LogP contribution in [0.25, 0.3) is 22.3 Å². The third kappa shape index (κ3) is 5.11. The average Bonchev–Trinajstić information content (AvgIpc) is 2.83. The van der Waals surface area contributed by atoms with Crippen molar-refractivity contribution in [2.24, 2.45) is 0 Å². The van der Waals surface area contributed by atoms with E-state index >= 15 is 0 Å². The first-order valence-electron chi connectivity index (χ1n) is 10.5. The van der Waals surface area contributed by atoms with E-state index in [2.05, 4.69) is 10.3 Å². The first-order valence-corrected chi connectivity index (χ1v) is 10.5. The minimum atomic E-state index is -4.53. The van der Waals surface area contributed by atoms with Gasteiger partial charge in [0.05, 0.1) is 18.5 Å². The molecule has 35 heavy (non-hydrogen) atoms. The fourth-order valence-electron chi connectivity index (χ4n) is 3.59. The van der Waals surface area contributed by atoms with Gasteiger partial charge in [0.2, 0.25) is 5.88 Å². The van der Waals surface area contributed by atoms with Gasteiger partial charge in [0.15, 0.2) is 12.3 Å². The molecule has 0 saturated heterocycles. The van der Waals surface area contributed by atoms with Crippen LogP contribution in [0.5, 0.6) is 11.6 Å². The molecule has 180 valence electrons. The number of ether oxygens (including phenoxy) is 2. The topological polar surface area (TPSA) is 89.2 Å². The molecule has 0 atom stereocenters. The molecule has 1 aromatic carbocycles. The molecule has 0 unspecified atom stereocenters. The molecule has 0 amide bonds. The van der Waals surface area contributed by atoms with Crippen molar-refractivity contribution < 1.29 is 22.6 Å². The zero-order chi connectivity index (χ0) is 25.2. The molecule has 3 aromatic rings. The summed E-state index contributed by atoms with van der Waals surface area (Å²) in [6.07, 6.45) is 2.10. The highest BCUT2D eigenvalue weighted by Gasteiger charge is 2.29. The van der Waals surface area contributed by atoms with Crippen molar-refractivity contribution in [2.75, 3.05) is 20.8 Å². The number of halogens is 3. The number of hydrogen-bond donors (Lipinski definition) is 2. The lowest BCUT2D eigenvalue weighted by Gasteiger charge is -2.16. The third-order valence-corrected chi connectivity index (χ3v) is 5.20. The van der Waals surface area contributed by atoms with E-state index in [9.17, 15) is 18.0 Å². The van der Waals surface area contributed by atoms with Gasteiger partial charge in [-0.1, -0.05) is 6.08 Å². The largest absolute Gasteiger partial charge is 0.497 e. The zero-order valence-electron chi connectivity index (χ0n) is 18.8. The number of allylic oxidation sites excluding steroid dienone is 5. The second-order valence-corrected chi connectivity index (χ2v) is 7.60. The molecule has 4 rings (SSSR count). The lowest BCUT2D eigenvalue weighted by atomic mass is 9.95. The van der Waals surface area contributed by atoms with Crippen LogP contribution in [-0.2, 0) is 0 Å². The highest BCUT2D eigenvalue weighted by Crippen LogP contribution is 2.27. The number of aromatic nitrogens is 2. The molecule has 2 N–H and O–H groups in total. The summed E-state index contributed by atoms with van der Waals surface area (Å²) in [6.45, 7) is -1.50. The lowest BCUT2D eigenvalue weighted by molar-refractivity contribution is -0.154. The summed E-state index contributed by atoms with van der Waals surface area (Å²) >= 11 is 0. The van der Waals surface area contributed by atoms with Crippen LogP contribution in [0.3, 0.4) is 0 Å². The van der Waals surface area contributed by atoms with Crippen LogP contribution in [0.1, 0.15) is 5.56 Å². The fourth-order valence-corrected chi connectivity index (χ4v) is 3.59. The minimum Gasteiger partial charge on any atom is -0.497 e. The van der Waals surface area contributed by atoms with Gasteiger partial charge in [-0.05, 0) is 54.1 Å². The Labute approximate surface area is 198 Å². The summed E-state index contributed by atoms with van der Waals surface area (Å²) in [4.78, 5) is 17.9. The number of nitrogens with zero attached hydrogens (tertiary/aromatic N) is 2. The highest BCUT2D eigenvalue weighted by molar-refractivity contribution is 6.13. The van der Waals surface area contributed by atoms with Gasteiger partial charge in [-0.2, -0.15) is 18.2 Å². The highest BCUT2D eigenvalue weighted by atomic mass is 19.4. The van der Waals surface area contributed by atoms with E-state index in [1.807, 2.05) is 0 Å². The Kier molecular flexibility index (Phi) is 6.46. The third-order valence-electron chi connectivity index (χ3n) is 5.20. The van der Waals surface area contributed by atoms with Crippen LogP contribution < -0.4 is 20.3 Å². The molecule has 0 spiro atoms. The maximum Gasteiger partial charge on any atom is 0.422 e. The van der Waals surface area contributed by atoms with Gasteiger partial charge in [0.1, 0.15) is 5.75 Å². The molecule has 7 nitrogen and oxygen atoms in total. The first kappa shape index (κ1) is 23.8. The van der Waals surface area contributed by atoms with E-state index in [0.29, 0.717) is 33.5 Å². The van der Waals surface area contributed by atoms with Gasteiger partial charge in [-0.15, -0.1) is 0 Å². The average molecular weight is 482 g/mol. The van der Waals surface area contributed by atoms with Gasteiger partial charge in [-0.3, -0.25) is 9.36 Å². The van der Waals surface area contributed by atoms with Crippen molar-refractivity contribution in [3.8, 4) is 17.3 Å². The summed E-state index contributed by atoms with van der Waals surface area (Å²) in [5, 5.41) is 11.5. The Bertz CT molecular complexity index is 1440. The summed E-state index contributed by atoms with van der Waals surface area (Å²) in [6, 6.07) is 11.1. The van der Waals surface area contributed by atoms with Gasteiger partial charge in [-0.25, -0.2) is 0 Å². The van der Waals surface area contributed by atoms with E-state index in [0.717, 1.165) is 0 Å². The molecule has 2 heterocycles. The second kappa shape index (κ2) is 9.49. The van der Waals surface area contributed by atoms with Crippen molar-refractivity contribution in [3.63, 3.8) is 0 Å². The van der Waals surface area contributed by atoms with Crippen LogP contribution >= 0.6 is 0 Å². The minimum absolute atomic E-state index is 0.141. The predicted octanol–water partition coefficient (Wildman–Crippen LogP) is 4.41. The van der Waals surface area contributed by atoms with Crippen LogP contribution in [0.2, 0.25) is 0 Å². The number of fused-ring (bicyclic) bond motifs is 1. The molecule has 1 aliphatic rings. The molecule has 10 heteroatoms. The summed E-state index contributed by atoms with van der Waals surface area (Å²) in [7, 11) is 3.22. The van der Waals surface area contributed by atoms with E-state index in [4.69, 9.17) is 14.9 Å². The Morgan fingerprint density at radius 2 is 1.89 bits per heavy atom. The van der Waals surface area contributed by atoms with Crippen LogP contribution in [0.4, 0.5) is 13.2 Å². The number of benzene rings is 1. The van der Waals surface area contributed by atoms with Crippen LogP contribution in [0.15, 0.2) is 77.3 Å². The van der Waals surface area contributed by atoms with Crippen molar-refractivity contribution in [2.45, 2.75) is 6.18 Å². The number of alkyl halides is 3. The fraction of sp³-hybridized carbons (Fsp3) is 0.160. The standard InChI is InChI=1S/C25H21F3N4O3/c1-30-13-17-11-15(3-9-21(17)29)20-12-16-4-10-22(35-14-25(26,27)28)31-23(16)32(24(20)33)18-5-7-19(34-2)8-6-18/h3-13,29-30H,14H2,1-2H3/b17-13-,29-21?. The summed E-state index contributed by atoms with van der Waals surface area (Å²) < 4.78 is 49.3. The van der Waals surface area contributed by atoms with Gasteiger partial charge in [0.25, 0.3) is 5.56 Å². The molecule has 0 aliphatic heterocycles. The maximum absolute atomic E-state index is 13.7. The van der Waals surface area contributed by atoms with Gasteiger partial charge < -0.3 is 20.2 Å². The van der Waals surface area contributed by atoms with Crippen molar-refractivity contribution in [1.82, 2.24) is 14.9 Å². The number of nitrogens with one attached hydrogen (secondary N) is 2. The molecular weight excluding hydrogens is 461 g/mol.